The van der Waals surface area contributed by atoms with Gasteiger partial charge in [0.2, 0.25) is 0 Å². The van der Waals surface area contributed by atoms with Crippen LogP contribution in [0.25, 0.3) is 11.4 Å². The Morgan fingerprint density at radius 3 is 2.80 bits per heavy atom. The molecule has 7 nitrogen and oxygen atoms in total. The maximum Gasteiger partial charge on any atom is 0.195 e. The zero-order valence-corrected chi connectivity index (χ0v) is 11.7. The molecule has 8 heteroatoms. The number of nitrogens with zero attached hydrogens (tertiary/aromatic N) is 6. The summed E-state index contributed by atoms with van der Waals surface area (Å²) < 4.78 is 4.22. The van der Waals surface area contributed by atoms with Crippen molar-refractivity contribution >= 4 is 12.2 Å². The lowest BCUT2D eigenvalue weighted by Gasteiger charge is -2.05. The van der Waals surface area contributed by atoms with Crippen LogP contribution in [0.5, 0.6) is 0 Å². The molecule has 0 bridgehead atoms. The van der Waals surface area contributed by atoms with E-state index in [2.05, 4.69) is 25.3 Å². The highest BCUT2D eigenvalue weighted by Gasteiger charge is 2.09. The van der Waals surface area contributed by atoms with E-state index in [-0.39, 0.29) is 0 Å². The van der Waals surface area contributed by atoms with Crippen molar-refractivity contribution < 1.29 is 0 Å². The van der Waals surface area contributed by atoms with Crippen LogP contribution in [0.2, 0.25) is 0 Å². The second kappa shape index (κ2) is 5.33. The minimum Gasteiger partial charge on any atom is -0.300 e. The number of hydrogen-bond donors (Lipinski definition) is 1. The van der Waals surface area contributed by atoms with Crippen LogP contribution >= 0.6 is 12.2 Å². The Kier molecular flexibility index (Phi) is 3.38. The van der Waals surface area contributed by atoms with Gasteiger partial charge in [-0.25, -0.2) is 4.98 Å². The van der Waals surface area contributed by atoms with Crippen LogP contribution in [0, 0.1) is 4.77 Å². The quantitative estimate of drug-likeness (QED) is 0.733. The third kappa shape index (κ3) is 2.50. The molecule has 0 atom stereocenters. The topological polar surface area (TPSA) is 77.2 Å². The standard InChI is InChI=1S/C12H13N7S/c1-18-8-14-10(17-18)4-7-19-11(15-16-12(19)20)9-2-5-13-6-3-9/h2-3,5-6,8H,4,7H2,1H3,(H,16,20). The van der Waals surface area contributed by atoms with Crippen molar-refractivity contribution in [2.45, 2.75) is 13.0 Å². The summed E-state index contributed by atoms with van der Waals surface area (Å²) in [6, 6.07) is 3.81. The molecule has 0 aliphatic heterocycles. The smallest absolute Gasteiger partial charge is 0.195 e. The minimum absolute atomic E-state index is 0.591. The highest BCUT2D eigenvalue weighted by molar-refractivity contribution is 7.71. The molecule has 102 valence electrons. The normalized spacial score (nSPS) is 10.8. The van der Waals surface area contributed by atoms with Gasteiger partial charge in [0.05, 0.1) is 0 Å². The van der Waals surface area contributed by atoms with Gasteiger partial charge in [-0.05, 0) is 24.4 Å². The zero-order chi connectivity index (χ0) is 13.9. The van der Waals surface area contributed by atoms with E-state index in [4.69, 9.17) is 12.2 Å². The van der Waals surface area contributed by atoms with Gasteiger partial charge in [0.1, 0.15) is 6.33 Å². The number of H-pyrrole nitrogens is 1. The average molecular weight is 287 g/mol. The Balaban J connectivity index is 1.86. The zero-order valence-electron chi connectivity index (χ0n) is 10.9. The third-order valence-corrected chi connectivity index (χ3v) is 3.21. The Bertz CT molecular complexity index is 755. The summed E-state index contributed by atoms with van der Waals surface area (Å²) in [6.45, 7) is 0.678. The molecule has 0 aromatic carbocycles. The molecule has 0 aliphatic rings. The molecule has 20 heavy (non-hydrogen) atoms. The van der Waals surface area contributed by atoms with Crippen molar-refractivity contribution in [1.82, 2.24) is 34.5 Å². The first-order valence-electron chi connectivity index (χ1n) is 6.14. The number of nitrogens with one attached hydrogen (secondary N) is 1. The van der Waals surface area contributed by atoms with E-state index < -0.39 is 0 Å². The van der Waals surface area contributed by atoms with Crippen LogP contribution in [0.4, 0.5) is 0 Å². The largest absolute Gasteiger partial charge is 0.300 e. The summed E-state index contributed by atoms with van der Waals surface area (Å²) >= 11 is 5.28. The second-order valence-corrected chi connectivity index (χ2v) is 4.71. The fourth-order valence-corrected chi connectivity index (χ4v) is 2.18. The van der Waals surface area contributed by atoms with E-state index in [0.717, 1.165) is 17.2 Å². The molecule has 3 aromatic rings. The van der Waals surface area contributed by atoms with Crippen LogP contribution in [0.1, 0.15) is 5.82 Å². The van der Waals surface area contributed by atoms with Crippen molar-refractivity contribution in [3.63, 3.8) is 0 Å². The molecule has 0 saturated heterocycles. The van der Waals surface area contributed by atoms with Gasteiger partial charge in [0.15, 0.2) is 16.4 Å². The Labute approximate surface area is 120 Å². The van der Waals surface area contributed by atoms with E-state index in [0.29, 0.717) is 17.7 Å². The molecule has 0 spiro atoms. The molecule has 0 unspecified atom stereocenters. The molecule has 0 aliphatic carbocycles. The number of rotatable bonds is 4. The van der Waals surface area contributed by atoms with Gasteiger partial charge in [-0.1, -0.05) is 0 Å². The lowest BCUT2D eigenvalue weighted by molar-refractivity contribution is 0.656. The number of hydrogen-bond acceptors (Lipinski definition) is 5. The molecular formula is C12H13N7S. The van der Waals surface area contributed by atoms with Gasteiger partial charge in [-0.15, -0.1) is 0 Å². The van der Waals surface area contributed by atoms with E-state index >= 15 is 0 Å². The van der Waals surface area contributed by atoms with E-state index in [1.54, 1.807) is 23.4 Å². The molecule has 0 radical (unpaired) electrons. The van der Waals surface area contributed by atoms with Crippen LogP contribution in [0.3, 0.4) is 0 Å². The number of aromatic nitrogens is 7. The highest BCUT2D eigenvalue weighted by atomic mass is 32.1. The number of pyridine rings is 1. The van der Waals surface area contributed by atoms with Gasteiger partial charge in [-0.2, -0.15) is 10.2 Å². The summed E-state index contributed by atoms with van der Waals surface area (Å²) in [7, 11) is 1.85. The van der Waals surface area contributed by atoms with Crippen LogP contribution in [0.15, 0.2) is 30.9 Å². The molecule has 1 N–H and O–H groups in total. The first-order valence-corrected chi connectivity index (χ1v) is 6.55. The summed E-state index contributed by atoms with van der Waals surface area (Å²) in [5, 5.41) is 11.4. The van der Waals surface area contributed by atoms with Crippen molar-refractivity contribution in [2.75, 3.05) is 0 Å². The van der Waals surface area contributed by atoms with Crippen molar-refractivity contribution in [1.29, 1.82) is 0 Å². The Morgan fingerprint density at radius 2 is 2.10 bits per heavy atom. The fourth-order valence-electron chi connectivity index (χ4n) is 1.96. The van der Waals surface area contributed by atoms with Crippen LogP contribution in [-0.4, -0.2) is 34.5 Å². The predicted octanol–water partition coefficient (Wildman–Crippen LogP) is 1.37. The maximum atomic E-state index is 5.28. The van der Waals surface area contributed by atoms with Gasteiger partial charge in [0.25, 0.3) is 0 Å². The minimum atomic E-state index is 0.591. The molecule has 3 rings (SSSR count). The summed E-state index contributed by atoms with van der Waals surface area (Å²) in [5.74, 6) is 1.59. The monoisotopic (exact) mass is 287 g/mol. The highest BCUT2D eigenvalue weighted by Crippen LogP contribution is 2.16. The Morgan fingerprint density at radius 1 is 1.30 bits per heavy atom. The SMILES string of the molecule is Cn1cnc(CCn2c(-c3ccncc3)n[nH]c2=S)n1. The molecule has 0 amide bonds. The van der Waals surface area contributed by atoms with Crippen molar-refractivity contribution in [2.24, 2.45) is 7.05 Å². The Hall–Kier alpha value is -2.35. The van der Waals surface area contributed by atoms with Crippen LogP contribution < -0.4 is 0 Å². The molecule has 0 fully saturated rings. The lowest BCUT2D eigenvalue weighted by Crippen LogP contribution is -2.05. The first-order chi connectivity index (χ1) is 9.74. The molecule has 0 saturated carbocycles. The van der Waals surface area contributed by atoms with Crippen molar-refractivity contribution in [3.05, 3.63) is 41.4 Å². The second-order valence-electron chi connectivity index (χ2n) is 4.32. The van der Waals surface area contributed by atoms with E-state index in [1.165, 1.54) is 0 Å². The summed E-state index contributed by atoms with van der Waals surface area (Å²) in [5.41, 5.74) is 0.973. The number of aryl methyl sites for hydroxylation is 2. The average Bonchev–Trinajstić information content (AvgIpc) is 3.04. The molecular weight excluding hydrogens is 274 g/mol. The number of aromatic amines is 1. The lowest BCUT2D eigenvalue weighted by atomic mass is 10.2. The van der Waals surface area contributed by atoms with Gasteiger partial charge in [-0.3, -0.25) is 19.3 Å². The first kappa shape index (κ1) is 12.7. The predicted molar refractivity (Wildman–Crippen MR) is 75.3 cm³/mol. The van der Waals surface area contributed by atoms with Gasteiger partial charge in [0, 0.05) is 38.0 Å². The summed E-state index contributed by atoms with van der Waals surface area (Å²) in [4.78, 5) is 8.22. The third-order valence-electron chi connectivity index (χ3n) is 2.90. The maximum absolute atomic E-state index is 5.28. The van der Waals surface area contributed by atoms with Gasteiger partial charge < -0.3 is 0 Å². The van der Waals surface area contributed by atoms with Crippen molar-refractivity contribution in [3.8, 4) is 11.4 Å². The van der Waals surface area contributed by atoms with E-state index in [9.17, 15) is 0 Å². The van der Waals surface area contributed by atoms with E-state index in [1.807, 2.05) is 23.7 Å². The summed E-state index contributed by atoms with van der Waals surface area (Å²) in [6.07, 6.45) is 5.86. The molecule has 3 aromatic heterocycles. The fraction of sp³-hybridized carbons (Fsp3) is 0.250. The molecule has 3 heterocycles. The van der Waals surface area contributed by atoms with Crippen LogP contribution in [-0.2, 0) is 20.0 Å². The van der Waals surface area contributed by atoms with Gasteiger partial charge >= 0.3 is 0 Å².